The largest absolute Gasteiger partial charge is 0.330 e. The van der Waals surface area contributed by atoms with Gasteiger partial charge in [-0.15, -0.1) is 0 Å². The average molecular weight is 314 g/mol. The van der Waals surface area contributed by atoms with Gasteiger partial charge < -0.3 is 5.73 Å². The van der Waals surface area contributed by atoms with Crippen LogP contribution in [0.2, 0.25) is 0 Å². The number of hydrogen-bond acceptors (Lipinski definition) is 2. The maximum atomic E-state index is 13.6. The summed E-state index contributed by atoms with van der Waals surface area (Å²) in [5.74, 6) is -0.241. The molecule has 0 bridgehead atoms. The van der Waals surface area contributed by atoms with Gasteiger partial charge in [-0.2, -0.15) is 0 Å². The summed E-state index contributed by atoms with van der Waals surface area (Å²) in [5, 5.41) is 0. The zero-order chi connectivity index (χ0) is 13.2. The quantitative estimate of drug-likeness (QED) is 0.907. The van der Waals surface area contributed by atoms with E-state index in [1.807, 2.05) is 0 Å². The summed E-state index contributed by atoms with van der Waals surface area (Å²) < 4.78 is 14.3. The van der Waals surface area contributed by atoms with E-state index in [2.05, 4.69) is 15.9 Å². The molecule has 4 heteroatoms. The van der Waals surface area contributed by atoms with E-state index in [9.17, 15) is 9.18 Å². The molecule has 98 valence electrons. The molecule has 0 spiro atoms. The van der Waals surface area contributed by atoms with Gasteiger partial charge in [0, 0.05) is 17.3 Å². The van der Waals surface area contributed by atoms with Crippen LogP contribution in [0, 0.1) is 11.2 Å². The normalized spacial score (nSPS) is 17.3. The molecule has 2 rings (SSSR count). The van der Waals surface area contributed by atoms with Crippen LogP contribution in [0.25, 0.3) is 0 Å². The molecule has 1 saturated carbocycles. The second-order valence-corrected chi connectivity index (χ2v) is 6.10. The Morgan fingerprint density at radius 1 is 1.44 bits per heavy atom. The van der Waals surface area contributed by atoms with Crippen molar-refractivity contribution in [3.63, 3.8) is 0 Å². The van der Waals surface area contributed by atoms with E-state index < -0.39 is 0 Å². The van der Waals surface area contributed by atoms with Crippen molar-refractivity contribution in [2.75, 3.05) is 6.54 Å². The summed E-state index contributed by atoms with van der Waals surface area (Å²) in [5.41, 5.74) is 6.20. The third-order valence-corrected chi connectivity index (χ3v) is 4.32. The Kier molecular flexibility index (Phi) is 4.17. The molecule has 0 unspecified atom stereocenters. The first-order chi connectivity index (χ1) is 8.54. The number of rotatable bonds is 5. The second kappa shape index (κ2) is 5.49. The van der Waals surface area contributed by atoms with E-state index >= 15 is 0 Å². The van der Waals surface area contributed by atoms with Crippen molar-refractivity contribution in [3.05, 3.63) is 34.1 Å². The highest BCUT2D eigenvalue weighted by Gasteiger charge is 2.37. The van der Waals surface area contributed by atoms with E-state index in [0.717, 1.165) is 19.3 Å². The van der Waals surface area contributed by atoms with Crippen molar-refractivity contribution in [2.45, 2.75) is 32.1 Å². The van der Waals surface area contributed by atoms with Crippen molar-refractivity contribution >= 4 is 21.7 Å². The maximum absolute atomic E-state index is 13.6. The number of ketones is 1. The van der Waals surface area contributed by atoms with Crippen LogP contribution in [-0.2, 0) is 11.2 Å². The predicted octanol–water partition coefficient (Wildman–Crippen LogP) is 3.22. The van der Waals surface area contributed by atoms with Crippen molar-refractivity contribution in [2.24, 2.45) is 11.1 Å². The Labute approximate surface area is 115 Å². The van der Waals surface area contributed by atoms with Gasteiger partial charge in [0.05, 0.1) is 0 Å². The van der Waals surface area contributed by atoms with Crippen LogP contribution in [0.1, 0.15) is 31.2 Å². The van der Waals surface area contributed by atoms with E-state index in [4.69, 9.17) is 5.73 Å². The minimum Gasteiger partial charge on any atom is -0.330 e. The number of carbonyl (C=O) groups is 1. The van der Waals surface area contributed by atoms with Crippen molar-refractivity contribution in [1.82, 2.24) is 0 Å². The summed E-state index contributed by atoms with van der Waals surface area (Å²) in [6.45, 7) is 0.557. The lowest BCUT2D eigenvalue weighted by molar-refractivity contribution is -0.122. The Morgan fingerprint density at radius 3 is 2.67 bits per heavy atom. The molecule has 0 aromatic heterocycles. The van der Waals surface area contributed by atoms with Crippen molar-refractivity contribution in [1.29, 1.82) is 0 Å². The van der Waals surface area contributed by atoms with E-state index in [1.54, 1.807) is 12.1 Å². The van der Waals surface area contributed by atoms with Crippen LogP contribution >= 0.6 is 15.9 Å². The van der Waals surface area contributed by atoms with Gasteiger partial charge in [-0.25, -0.2) is 4.39 Å². The number of carbonyl (C=O) groups excluding carboxylic acids is 1. The number of nitrogens with two attached hydrogens (primary N) is 1. The molecule has 0 amide bonds. The van der Waals surface area contributed by atoms with Crippen molar-refractivity contribution < 1.29 is 9.18 Å². The predicted molar refractivity (Wildman–Crippen MR) is 72.8 cm³/mol. The topological polar surface area (TPSA) is 43.1 Å². The Balaban J connectivity index is 1.98. The molecule has 0 radical (unpaired) electrons. The highest BCUT2D eigenvalue weighted by atomic mass is 79.9. The highest BCUT2D eigenvalue weighted by Crippen LogP contribution is 2.43. The van der Waals surface area contributed by atoms with Gasteiger partial charge in [-0.05, 0) is 42.5 Å². The first kappa shape index (κ1) is 13.7. The first-order valence-corrected chi connectivity index (χ1v) is 7.00. The Bertz CT molecular complexity index is 452. The molecule has 0 saturated heterocycles. The molecule has 1 aromatic carbocycles. The molecule has 2 N–H and O–H groups in total. The minimum atomic E-state index is -0.326. The molecule has 18 heavy (non-hydrogen) atoms. The molecule has 1 aliphatic carbocycles. The monoisotopic (exact) mass is 313 g/mol. The maximum Gasteiger partial charge on any atom is 0.137 e. The van der Waals surface area contributed by atoms with Gasteiger partial charge in [0.2, 0.25) is 0 Å². The van der Waals surface area contributed by atoms with Crippen LogP contribution in [0.15, 0.2) is 22.7 Å². The van der Waals surface area contributed by atoms with Crippen molar-refractivity contribution in [3.8, 4) is 0 Å². The fourth-order valence-corrected chi connectivity index (χ4v) is 2.82. The standard InChI is InChI=1S/C14H17BrFNO/c15-11-3-2-10(13(16)7-11)6-12(18)8-14(9-17)4-1-5-14/h2-3,7H,1,4-6,8-9,17H2. The SMILES string of the molecule is NCC1(CC(=O)Cc2ccc(Br)cc2F)CCC1. The second-order valence-electron chi connectivity index (χ2n) is 5.19. The summed E-state index contributed by atoms with van der Waals surface area (Å²) in [6.07, 6.45) is 3.85. The van der Waals surface area contributed by atoms with Crippen LogP contribution in [0.5, 0.6) is 0 Å². The summed E-state index contributed by atoms with van der Waals surface area (Å²) >= 11 is 3.20. The smallest absolute Gasteiger partial charge is 0.137 e. The number of Topliss-reactive ketones (excluding diaryl/α,β-unsaturated/α-hetero) is 1. The van der Waals surface area contributed by atoms with E-state index in [1.165, 1.54) is 6.07 Å². The molecule has 1 aliphatic rings. The first-order valence-electron chi connectivity index (χ1n) is 6.20. The molecule has 0 atom stereocenters. The Morgan fingerprint density at radius 2 is 2.17 bits per heavy atom. The fraction of sp³-hybridized carbons (Fsp3) is 0.500. The van der Waals surface area contributed by atoms with Crippen LogP contribution in [-0.4, -0.2) is 12.3 Å². The third kappa shape index (κ3) is 2.98. The average Bonchev–Trinajstić information content (AvgIpc) is 2.27. The zero-order valence-electron chi connectivity index (χ0n) is 10.2. The zero-order valence-corrected chi connectivity index (χ0v) is 11.8. The molecular formula is C14H17BrFNO. The summed E-state index contributed by atoms with van der Waals surface area (Å²) in [6, 6.07) is 4.81. The number of benzene rings is 1. The van der Waals surface area contributed by atoms with E-state index in [-0.39, 0.29) is 23.4 Å². The van der Waals surface area contributed by atoms with Gasteiger partial charge in [0.25, 0.3) is 0 Å². The van der Waals surface area contributed by atoms with Crippen LogP contribution in [0.4, 0.5) is 4.39 Å². The molecule has 0 aliphatic heterocycles. The highest BCUT2D eigenvalue weighted by molar-refractivity contribution is 9.10. The number of halogens is 2. The van der Waals surface area contributed by atoms with Crippen LogP contribution in [0.3, 0.4) is 0 Å². The molecule has 0 heterocycles. The van der Waals surface area contributed by atoms with Gasteiger partial charge in [-0.1, -0.05) is 28.4 Å². The third-order valence-electron chi connectivity index (χ3n) is 3.82. The van der Waals surface area contributed by atoms with E-state index in [0.29, 0.717) is 23.0 Å². The summed E-state index contributed by atoms with van der Waals surface area (Å²) in [4.78, 5) is 12.0. The van der Waals surface area contributed by atoms with Gasteiger partial charge in [0.1, 0.15) is 11.6 Å². The fourth-order valence-electron chi connectivity index (χ4n) is 2.49. The minimum absolute atomic E-state index is 0.00290. The van der Waals surface area contributed by atoms with Gasteiger partial charge in [-0.3, -0.25) is 4.79 Å². The molecule has 2 nitrogen and oxygen atoms in total. The summed E-state index contributed by atoms with van der Waals surface area (Å²) in [7, 11) is 0. The lowest BCUT2D eigenvalue weighted by atomic mass is 9.65. The van der Waals surface area contributed by atoms with Gasteiger partial charge >= 0.3 is 0 Å². The molecule has 1 fully saturated rings. The number of hydrogen-bond donors (Lipinski definition) is 1. The van der Waals surface area contributed by atoms with Gasteiger partial charge in [0.15, 0.2) is 0 Å². The lowest BCUT2D eigenvalue weighted by Gasteiger charge is -2.40. The van der Waals surface area contributed by atoms with Crippen LogP contribution < -0.4 is 5.73 Å². The lowest BCUT2D eigenvalue weighted by Crippen LogP contribution is -2.39. The Hall–Kier alpha value is -0.740. The molecular weight excluding hydrogens is 297 g/mol. The molecule has 1 aromatic rings.